The highest BCUT2D eigenvalue weighted by Gasteiger charge is 2.13. The molecular weight excluding hydrogens is 216 g/mol. The Hall–Kier alpha value is -1.51. The Morgan fingerprint density at radius 3 is 2.18 bits per heavy atom. The summed E-state index contributed by atoms with van der Waals surface area (Å²) in [7, 11) is 0. The summed E-state index contributed by atoms with van der Waals surface area (Å²) in [6, 6.07) is 6.67. The Kier molecular flexibility index (Phi) is 4.02. The molecular formula is C14H18O3. The fourth-order valence-corrected chi connectivity index (χ4v) is 2.23. The van der Waals surface area contributed by atoms with E-state index in [0.717, 1.165) is 18.6 Å². The lowest BCUT2D eigenvalue weighted by Crippen LogP contribution is -2.15. The lowest BCUT2D eigenvalue weighted by Gasteiger charge is -2.16. The highest BCUT2D eigenvalue weighted by atomic mass is 16.5. The topological polar surface area (TPSA) is 46.5 Å². The molecule has 1 saturated carbocycles. The number of rotatable bonds is 3. The molecule has 1 aromatic carbocycles. The summed E-state index contributed by atoms with van der Waals surface area (Å²) in [6.07, 6.45) is 7.60. The summed E-state index contributed by atoms with van der Waals surface area (Å²) in [5.74, 6) is -0.118. The van der Waals surface area contributed by atoms with Crippen molar-refractivity contribution in [3.63, 3.8) is 0 Å². The summed E-state index contributed by atoms with van der Waals surface area (Å²) in [6.45, 7) is 0. The van der Waals surface area contributed by atoms with E-state index in [-0.39, 0.29) is 0 Å². The van der Waals surface area contributed by atoms with Gasteiger partial charge in [0, 0.05) is 0 Å². The van der Waals surface area contributed by atoms with Crippen LogP contribution in [0.5, 0.6) is 5.75 Å². The predicted molar refractivity (Wildman–Crippen MR) is 65.5 cm³/mol. The molecule has 1 fully saturated rings. The molecule has 0 saturated heterocycles. The van der Waals surface area contributed by atoms with Crippen molar-refractivity contribution in [2.45, 2.75) is 44.6 Å². The van der Waals surface area contributed by atoms with Gasteiger partial charge in [-0.3, -0.25) is 0 Å². The molecule has 1 aliphatic carbocycles. The average molecular weight is 234 g/mol. The average Bonchev–Trinajstić information content (AvgIpc) is 2.58. The van der Waals surface area contributed by atoms with Gasteiger partial charge in [-0.25, -0.2) is 4.79 Å². The molecule has 1 aliphatic rings. The van der Waals surface area contributed by atoms with Gasteiger partial charge >= 0.3 is 5.97 Å². The van der Waals surface area contributed by atoms with Gasteiger partial charge in [-0.1, -0.05) is 12.8 Å². The van der Waals surface area contributed by atoms with Gasteiger partial charge in [-0.2, -0.15) is 0 Å². The summed E-state index contributed by atoms with van der Waals surface area (Å²) in [5.41, 5.74) is 0.304. The molecule has 0 atom stereocenters. The van der Waals surface area contributed by atoms with Crippen molar-refractivity contribution in [2.24, 2.45) is 0 Å². The first-order chi connectivity index (χ1) is 8.25. The molecule has 1 N–H and O–H groups in total. The molecule has 3 nitrogen and oxygen atoms in total. The number of carboxylic acid groups (broad SMARTS) is 1. The molecule has 0 amide bonds. The summed E-state index contributed by atoms with van der Waals surface area (Å²) in [4.78, 5) is 10.7. The molecule has 92 valence electrons. The van der Waals surface area contributed by atoms with Gasteiger partial charge in [-0.05, 0) is 49.9 Å². The first kappa shape index (κ1) is 12.0. The Bertz CT molecular complexity index is 362. The van der Waals surface area contributed by atoms with Crippen LogP contribution in [0.1, 0.15) is 48.9 Å². The molecule has 0 aliphatic heterocycles. The van der Waals surface area contributed by atoms with Crippen molar-refractivity contribution in [1.82, 2.24) is 0 Å². The molecule has 1 aromatic rings. The van der Waals surface area contributed by atoms with E-state index in [1.165, 1.54) is 25.7 Å². The summed E-state index contributed by atoms with van der Waals surface area (Å²) < 4.78 is 5.88. The fourth-order valence-electron chi connectivity index (χ4n) is 2.23. The zero-order valence-electron chi connectivity index (χ0n) is 9.89. The Balaban J connectivity index is 1.95. The predicted octanol–water partition coefficient (Wildman–Crippen LogP) is 3.49. The molecule has 0 radical (unpaired) electrons. The highest BCUT2D eigenvalue weighted by molar-refractivity contribution is 5.87. The molecule has 0 bridgehead atoms. The van der Waals surface area contributed by atoms with E-state index < -0.39 is 5.97 Å². The number of hydrogen-bond acceptors (Lipinski definition) is 2. The van der Waals surface area contributed by atoms with Crippen LogP contribution in [0, 0.1) is 0 Å². The number of aromatic carboxylic acids is 1. The minimum Gasteiger partial charge on any atom is -0.490 e. The van der Waals surface area contributed by atoms with Crippen LogP contribution in [0.15, 0.2) is 24.3 Å². The van der Waals surface area contributed by atoms with Gasteiger partial charge < -0.3 is 9.84 Å². The third-order valence-electron chi connectivity index (χ3n) is 3.21. The zero-order chi connectivity index (χ0) is 12.1. The molecule has 17 heavy (non-hydrogen) atoms. The van der Waals surface area contributed by atoms with Crippen molar-refractivity contribution < 1.29 is 14.6 Å². The van der Waals surface area contributed by atoms with Crippen molar-refractivity contribution in [3.05, 3.63) is 29.8 Å². The second-order valence-corrected chi connectivity index (χ2v) is 4.56. The third-order valence-corrected chi connectivity index (χ3v) is 3.21. The molecule has 0 aromatic heterocycles. The summed E-state index contributed by atoms with van der Waals surface area (Å²) in [5, 5.41) is 8.79. The van der Waals surface area contributed by atoms with Crippen molar-refractivity contribution in [1.29, 1.82) is 0 Å². The summed E-state index contributed by atoms with van der Waals surface area (Å²) >= 11 is 0. The van der Waals surface area contributed by atoms with Crippen LogP contribution in [0.3, 0.4) is 0 Å². The van der Waals surface area contributed by atoms with Gasteiger partial charge in [0.25, 0.3) is 0 Å². The molecule has 0 heterocycles. The van der Waals surface area contributed by atoms with Crippen LogP contribution in [0.2, 0.25) is 0 Å². The van der Waals surface area contributed by atoms with Crippen LogP contribution < -0.4 is 4.74 Å². The second kappa shape index (κ2) is 5.71. The molecule has 0 unspecified atom stereocenters. The normalized spacial score (nSPS) is 17.4. The molecule has 3 heteroatoms. The highest BCUT2D eigenvalue weighted by Crippen LogP contribution is 2.23. The Labute approximate surface area is 101 Å². The van der Waals surface area contributed by atoms with E-state index >= 15 is 0 Å². The van der Waals surface area contributed by atoms with Crippen LogP contribution in [-0.2, 0) is 0 Å². The lowest BCUT2D eigenvalue weighted by atomic mass is 10.1. The number of carboxylic acids is 1. The van der Waals surface area contributed by atoms with Gasteiger partial charge in [0.2, 0.25) is 0 Å². The van der Waals surface area contributed by atoms with E-state index in [1.807, 2.05) is 0 Å². The standard InChI is InChI=1S/C14H18O3/c15-14(16)11-7-9-13(10-8-11)17-12-5-3-1-2-4-6-12/h7-10,12H,1-6H2,(H,15,16). The Morgan fingerprint density at radius 1 is 1.06 bits per heavy atom. The smallest absolute Gasteiger partial charge is 0.335 e. The largest absolute Gasteiger partial charge is 0.490 e. The Morgan fingerprint density at radius 2 is 1.65 bits per heavy atom. The van der Waals surface area contributed by atoms with E-state index in [9.17, 15) is 4.79 Å². The van der Waals surface area contributed by atoms with E-state index in [4.69, 9.17) is 9.84 Å². The fraction of sp³-hybridized carbons (Fsp3) is 0.500. The van der Waals surface area contributed by atoms with Gasteiger partial charge in [0.15, 0.2) is 0 Å². The van der Waals surface area contributed by atoms with Crippen molar-refractivity contribution in [3.8, 4) is 5.75 Å². The zero-order valence-corrected chi connectivity index (χ0v) is 9.89. The van der Waals surface area contributed by atoms with Crippen LogP contribution in [-0.4, -0.2) is 17.2 Å². The minimum atomic E-state index is -0.897. The quantitative estimate of drug-likeness (QED) is 0.814. The number of carbonyl (C=O) groups is 1. The van der Waals surface area contributed by atoms with Gasteiger partial charge in [-0.15, -0.1) is 0 Å². The van der Waals surface area contributed by atoms with Crippen LogP contribution >= 0.6 is 0 Å². The first-order valence-electron chi connectivity index (χ1n) is 6.26. The maximum absolute atomic E-state index is 10.7. The maximum Gasteiger partial charge on any atom is 0.335 e. The van der Waals surface area contributed by atoms with E-state index in [0.29, 0.717) is 11.7 Å². The first-order valence-corrected chi connectivity index (χ1v) is 6.26. The second-order valence-electron chi connectivity index (χ2n) is 4.56. The number of ether oxygens (including phenoxy) is 1. The number of hydrogen-bond donors (Lipinski definition) is 1. The van der Waals surface area contributed by atoms with Crippen molar-refractivity contribution in [2.75, 3.05) is 0 Å². The maximum atomic E-state index is 10.7. The lowest BCUT2D eigenvalue weighted by molar-refractivity contribution is 0.0697. The molecule has 0 spiro atoms. The van der Waals surface area contributed by atoms with Gasteiger partial charge in [0.1, 0.15) is 5.75 Å². The van der Waals surface area contributed by atoms with Gasteiger partial charge in [0.05, 0.1) is 11.7 Å². The van der Waals surface area contributed by atoms with E-state index in [2.05, 4.69) is 0 Å². The monoisotopic (exact) mass is 234 g/mol. The van der Waals surface area contributed by atoms with Crippen molar-refractivity contribution >= 4 is 5.97 Å². The SMILES string of the molecule is O=C(O)c1ccc(OC2CCCCCC2)cc1. The number of benzene rings is 1. The molecule has 2 rings (SSSR count). The van der Waals surface area contributed by atoms with Crippen LogP contribution in [0.25, 0.3) is 0 Å². The third kappa shape index (κ3) is 3.48. The van der Waals surface area contributed by atoms with Crippen LogP contribution in [0.4, 0.5) is 0 Å². The van der Waals surface area contributed by atoms with E-state index in [1.54, 1.807) is 24.3 Å². The minimum absolute atomic E-state index is 0.299.